The molecule has 0 aliphatic carbocycles. The van der Waals surface area contributed by atoms with Crippen LogP contribution in [0.2, 0.25) is 0 Å². The van der Waals surface area contributed by atoms with Crippen molar-refractivity contribution in [3.63, 3.8) is 0 Å². The molecule has 0 nitrogen and oxygen atoms in total. The lowest BCUT2D eigenvalue weighted by atomic mass is 9.82. The highest BCUT2D eigenvalue weighted by Gasteiger charge is 2.17. The van der Waals surface area contributed by atoms with Gasteiger partial charge in [-0.1, -0.05) is 67.1 Å². The van der Waals surface area contributed by atoms with E-state index in [1.165, 1.54) is 16.7 Å². The molecule has 0 spiro atoms. The molecule has 0 aromatic heterocycles. The first-order chi connectivity index (χ1) is 8.18. The van der Waals surface area contributed by atoms with E-state index in [0.29, 0.717) is 11.8 Å². The molecule has 0 aliphatic heterocycles. The Kier molecular flexibility index (Phi) is 3.63. The third-order valence-electron chi connectivity index (χ3n) is 3.13. The zero-order valence-electron chi connectivity index (χ0n) is 10.6. The van der Waals surface area contributed by atoms with Crippen molar-refractivity contribution in [3.05, 3.63) is 78.2 Å². The van der Waals surface area contributed by atoms with Crippen molar-refractivity contribution in [3.8, 4) is 0 Å². The van der Waals surface area contributed by atoms with Crippen LogP contribution in [0.15, 0.2) is 54.6 Å². The molecule has 2 atom stereocenters. The Bertz CT molecular complexity index is 468. The summed E-state index contributed by atoms with van der Waals surface area (Å²) in [6.07, 6.45) is 0. The van der Waals surface area contributed by atoms with Crippen LogP contribution in [-0.2, 0) is 0 Å². The van der Waals surface area contributed by atoms with Gasteiger partial charge in [0.2, 0.25) is 0 Å². The summed E-state index contributed by atoms with van der Waals surface area (Å²) >= 11 is 0. The highest BCUT2D eigenvalue weighted by atomic mass is 14.2. The van der Waals surface area contributed by atoms with Gasteiger partial charge in [-0.2, -0.15) is 0 Å². The van der Waals surface area contributed by atoms with Gasteiger partial charge in [0, 0.05) is 5.92 Å². The summed E-state index contributed by atoms with van der Waals surface area (Å²) in [6.45, 7) is 8.54. The Labute approximate surface area is 104 Å². The van der Waals surface area contributed by atoms with Gasteiger partial charge in [0.05, 0.1) is 0 Å². The van der Waals surface area contributed by atoms with Crippen LogP contribution in [0.5, 0.6) is 0 Å². The molecule has 0 saturated carbocycles. The Balaban J connectivity index is 2.43. The average molecular weight is 223 g/mol. The third kappa shape index (κ3) is 2.76. The molecule has 2 unspecified atom stereocenters. The topological polar surface area (TPSA) is 0 Å². The molecule has 0 bridgehead atoms. The van der Waals surface area contributed by atoms with E-state index in [1.807, 2.05) is 0 Å². The SMILES string of the molecule is [CH2]C(C)C(c1ccccc1)c1cccc(C)c1. The first-order valence-corrected chi connectivity index (χ1v) is 6.13. The number of hydrogen-bond donors (Lipinski definition) is 0. The molecule has 0 aliphatic rings. The molecule has 0 heterocycles. The molecule has 87 valence electrons. The summed E-state index contributed by atoms with van der Waals surface area (Å²) in [5, 5.41) is 0. The second kappa shape index (κ2) is 5.18. The van der Waals surface area contributed by atoms with Crippen molar-refractivity contribution in [2.75, 3.05) is 0 Å². The summed E-state index contributed by atoms with van der Waals surface area (Å²) in [7, 11) is 0. The van der Waals surface area contributed by atoms with Crippen LogP contribution in [-0.4, -0.2) is 0 Å². The van der Waals surface area contributed by atoms with Crippen LogP contribution in [0.4, 0.5) is 0 Å². The Morgan fingerprint density at radius 2 is 1.53 bits per heavy atom. The van der Waals surface area contributed by atoms with Crippen molar-refractivity contribution in [2.45, 2.75) is 19.8 Å². The molecule has 2 aromatic carbocycles. The first-order valence-electron chi connectivity index (χ1n) is 6.13. The molecule has 0 heteroatoms. The van der Waals surface area contributed by atoms with Crippen molar-refractivity contribution < 1.29 is 0 Å². The largest absolute Gasteiger partial charge is 0.0622 e. The van der Waals surface area contributed by atoms with Crippen LogP contribution < -0.4 is 0 Å². The van der Waals surface area contributed by atoms with Gasteiger partial charge >= 0.3 is 0 Å². The normalized spacial score (nSPS) is 12.7. The monoisotopic (exact) mass is 223 g/mol. The second-order valence-electron chi connectivity index (χ2n) is 4.78. The summed E-state index contributed by atoms with van der Waals surface area (Å²) in [5.41, 5.74) is 4.02. The average Bonchev–Trinajstić information content (AvgIpc) is 2.30. The van der Waals surface area contributed by atoms with Crippen molar-refractivity contribution in [1.29, 1.82) is 0 Å². The fraction of sp³-hybridized carbons (Fsp3) is 0.235. The maximum Gasteiger partial charge on any atom is 0.0115 e. The Morgan fingerprint density at radius 3 is 2.12 bits per heavy atom. The van der Waals surface area contributed by atoms with Gasteiger partial charge in [-0.3, -0.25) is 0 Å². The summed E-state index contributed by atoms with van der Waals surface area (Å²) in [5.74, 6) is 0.746. The molecule has 0 fully saturated rings. The number of aryl methyl sites for hydroxylation is 1. The number of hydrogen-bond acceptors (Lipinski definition) is 0. The standard InChI is InChI=1S/C17H19/c1-13(2)17(15-9-5-4-6-10-15)16-11-7-8-14(3)12-16/h4-13,17H,1H2,2-3H3. The lowest BCUT2D eigenvalue weighted by molar-refractivity contribution is 0.620. The van der Waals surface area contributed by atoms with E-state index >= 15 is 0 Å². The van der Waals surface area contributed by atoms with Gasteiger partial charge in [-0.05, 0) is 30.9 Å². The number of benzene rings is 2. The Morgan fingerprint density at radius 1 is 0.882 bits per heavy atom. The van der Waals surface area contributed by atoms with E-state index < -0.39 is 0 Å². The second-order valence-corrected chi connectivity index (χ2v) is 4.78. The van der Waals surface area contributed by atoms with Gasteiger partial charge in [-0.25, -0.2) is 0 Å². The van der Waals surface area contributed by atoms with E-state index in [1.54, 1.807) is 0 Å². The molecule has 17 heavy (non-hydrogen) atoms. The molecular weight excluding hydrogens is 204 g/mol. The van der Waals surface area contributed by atoms with Gasteiger partial charge < -0.3 is 0 Å². The molecule has 0 amide bonds. The van der Waals surface area contributed by atoms with Gasteiger partial charge in [0.25, 0.3) is 0 Å². The van der Waals surface area contributed by atoms with Crippen LogP contribution in [0.25, 0.3) is 0 Å². The maximum absolute atomic E-state index is 4.22. The van der Waals surface area contributed by atoms with Crippen LogP contribution >= 0.6 is 0 Å². The first kappa shape index (κ1) is 11.9. The summed E-state index contributed by atoms with van der Waals surface area (Å²) in [6, 6.07) is 19.4. The van der Waals surface area contributed by atoms with E-state index in [-0.39, 0.29) is 0 Å². The zero-order chi connectivity index (χ0) is 12.3. The summed E-state index contributed by atoms with van der Waals surface area (Å²) < 4.78 is 0. The predicted octanol–water partition coefficient (Wildman–Crippen LogP) is 4.60. The fourth-order valence-corrected chi connectivity index (χ4v) is 2.37. The fourth-order valence-electron chi connectivity index (χ4n) is 2.37. The molecule has 1 radical (unpaired) electrons. The van der Waals surface area contributed by atoms with E-state index in [0.717, 1.165) is 0 Å². The van der Waals surface area contributed by atoms with Crippen LogP contribution in [0, 0.1) is 19.8 Å². The number of rotatable bonds is 3. The highest BCUT2D eigenvalue weighted by molar-refractivity contribution is 5.35. The van der Waals surface area contributed by atoms with E-state index in [9.17, 15) is 0 Å². The minimum atomic E-state index is 0.360. The predicted molar refractivity (Wildman–Crippen MR) is 74.0 cm³/mol. The lowest BCUT2D eigenvalue weighted by Gasteiger charge is -2.22. The highest BCUT2D eigenvalue weighted by Crippen LogP contribution is 2.31. The van der Waals surface area contributed by atoms with Gasteiger partial charge in [0.15, 0.2) is 0 Å². The lowest BCUT2D eigenvalue weighted by Crippen LogP contribution is -2.08. The smallest absolute Gasteiger partial charge is 0.0115 e. The van der Waals surface area contributed by atoms with Crippen LogP contribution in [0.1, 0.15) is 29.5 Å². The third-order valence-corrected chi connectivity index (χ3v) is 3.13. The minimum Gasteiger partial charge on any atom is -0.0622 e. The Hall–Kier alpha value is -1.56. The quantitative estimate of drug-likeness (QED) is 0.713. The van der Waals surface area contributed by atoms with Crippen molar-refractivity contribution in [1.82, 2.24) is 0 Å². The van der Waals surface area contributed by atoms with Crippen molar-refractivity contribution >= 4 is 0 Å². The molecular formula is C17H19. The van der Waals surface area contributed by atoms with Crippen molar-refractivity contribution in [2.24, 2.45) is 5.92 Å². The van der Waals surface area contributed by atoms with Gasteiger partial charge in [-0.15, -0.1) is 0 Å². The minimum absolute atomic E-state index is 0.360. The molecule has 2 aromatic rings. The molecule has 0 saturated heterocycles. The molecule has 2 rings (SSSR count). The van der Waals surface area contributed by atoms with Crippen LogP contribution in [0.3, 0.4) is 0 Å². The molecule has 0 N–H and O–H groups in total. The maximum atomic E-state index is 4.22. The van der Waals surface area contributed by atoms with Gasteiger partial charge in [0.1, 0.15) is 0 Å². The zero-order valence-corrected chi connectivity index (χ0v) is 10.6. The summed E-state index contributed by atoms with van der Waals surface area (Å²) in [4.78, 5) is 0. The van der Waals surface area contributed by atoms with E-state index in [4.69, 9.17) is 0 Å². The van der Waals surface area contributed by atoms with E-state index in [2.05, 4.69) is 75.4 Å².